The van der Waals surface area contributed by atoms with Crippen LogP contribution in [0.15, 0.2) is 35.4 Å². The lowest BCUT2D eigenvalue weighted by atomic mass is 10.0. The van der Waals surface area contributed by atoms with Crippen molar-refractivity contribution >= 4 is 18.0 Å². The minimum absolute atomic E-state index is 0.236. The summed E-state index contributed by atoms with van der Waals surface area (Å²) in [6.45, 7) is 0. The van der Waals surface area contributed by atoms with Gasteiger partial charge in [0.25, 0.3) is 0 Å². The number of carbonyl (C=O) groups excluding carboxylic acids is 1. The number of benzene rings is 1. The average Bonchev–Trinajstić information content (AvgIpc) is 2.47. The van der Waals surface area contributed by atoms with Crippen LogP contribution >= 0.6 is 11.8 Å². The van der Waals surface area contributed by atoms with Gasteiger partial charge in [-0.15, -0.1) is 11.8 Å². The molecule has 2 aromatic rings. The Hall–Kier alpha value is -1.68. The highest BCUT2D eigenvalue weighted by molar-refractivity contribution is 7.99. The summed E-state index contributed by atoms with van der Waals surface area (Å²) in [5.74, 6) is 1.44. The van der Waals surface area contributed by atoms with E-state index >= 15 is 0 Å². The zero-order chi connectivity index (χ0) is 12.4. The van der Waals surface area contributed by atoms with E-state index in [2.05, 4.69) is 28.2 Å². The largest absolute Gasteiger partial charge is 0.294 e. The van der Waals surface area contributed by atoms with Crippen molar-refractivity contribution in [2.45, 2.75) is 17.7 Å². The van der Waals surface area contributed by atoms with E-state index in [-0.39, 0.29) is 5.82 Å². The molecule has 18 heavy (non-hydrogen) atoms. The molecule has 0 saturated heterocycles. The third-order valence-corrected chi connectivity index (χ3v) is 4.19. The molecule has 0 spiro atoms. The van der Waals surface area contributed by atoms with E-state index in [0.29, 0.717) is 6.29 Å². The highest BCUT2D eigenvalue weighted by Gasteiger charge is 2.11. The fraction of sp³-hybridized carbons (Fsp3) is 0.214. The molecule has 0 saturated carbocycles. The summed E-state index contributed by atoms with van der Waals surface area (Å²) in [4.78, 5) is 20.2. The fourth-order valence-corrected chi connectivity index (χ4v) is 3.13. The maximum Gasteiger partial charge on any atom is 0.193 e. The van der Waals surface area contributed by atoms with Crippen LogP contribution in [-0.2, 0) is 6.42 Å². The van der Waals surface area contributed by atoms with E-state index in [9.17, 15) is 4.79 Å². The summed E-state index contributed by atoms with van der Waals surface area (Å²) in [6, 6.07) is 8.23. The number of fused-ring (bicyclic) bond motifs is 1. The second-order valence-electron chi connectivity index (χ2n) is 4.19. The molecule has 1 aliphatic rings. The second kappa shape index (κ2) is 4.90. The Morgan fingerprint density at radius 1 is 1.28 bits per heavy atom. The van der Waals surface area contributed by atoms with Crippen LogP contribution in [0.2, 0.25) is 0 Å². The monoisotopic (exact) mass is 256 g/mol. The summed E-state index contributed by atoms with van der Waals surface area (Å²) >= 11 is 1.91. The number of aryl methyl sites for hydroxylation is 1. The molecule has 0 N–H and O–H groups in total. The molecule has 1 aromatic carbocycles. The predicted molar refractivity (Wildman–Crippen MR) is 71.9 cm³/mol. The minimum atomic E-state index is 0.236. The van der Waals surface area contributed by atoms with Crippen LogP contribution in [0.4, 0.5) is 0 Å². The van der Waals surface area contributed by atoms with Gasteiger partial charge in [0.15, 0.2) is 12.1 Å². The Kier molecular flexibility index (Phi) is 3.11. The van der Waals surface area contributed by atoms with Crippen molar-refractivity contribution < 1.29 is 4.79 Å². The lowest BCUT2D eigenvalue weighted by Crippen LogP contribution is -1.99. The topological polar surface area (TPSA) is 42.9 Å². The summed E-state index contributed by atoms with van der Waals surface area (Å²) in [6.07, 6.45) is 4.66. The number of carbonyl (C=O) groups is 1. The van der Waals surface area contributed by atoms with Crippen LogP contribution in [0.25, 0.3) is 11.3 Å². The average molecular weight is 256 g/mol. The van der Waals surface area contributed by atoms with Crippen molar-refractivity contribution in [1.82, 2.24) is 9.97 Å². The maximum absolute atomic E-state index is 10.7. The SMILES string of the molecule is O=Cc1nccc(-c2ccc3c(c2)CCCS3)n1. The Morgan fingerprint density at radius 2 is 2.22 bits per heavy atom. The van der Waals surface area contributed by atoms with E-state index in [0.717, 1.165) is 17.7 Å². The van der Waals surface area contributed by atoms with Crippen molar-refractivity contribution in [2.75, 3.05) is 5.75 Å². The Labute approximate surface area is 110 Å². The normalized spacial score (nSPS) is 14.0. The first-order valence-corrected chi connectivity index (χ1v) is 6.90. The molecule has 1 aliphatic heterocycles. The summed E-state index contributed by atoms with van der Waals surface area (Å²) in [7, 11) is 0. The molecule has 1 aromatic heterocycles. The molecule has 3 rings (SSSR count). The third kappa shape index (κ3) is 2.16. The molecule has 3 nitrogen and oxygen atoms in total. The molecule has 90 valence electrons. The fourth-order valence-electron chi connectivity index (χ4n) is 2.11. The lowest BCUT2D eigenvalue weighted by molar-refractivity contribution is 0.111. The second-order valence-corrected chi connectivity index (χ2v) is 5.33. The van der Waals surface area contributed by atoms with Gasteiger partial charge in [-0.3, -0.25) is 4.79 Å². The highest BCUT2D eigenvalue weighted by atomic mass is 32.2. The Bertz CT molecular complexity index is 598. The molecule has 0 aliphatic carbocycles. The standard InChI is InChI=1S/C14H12N2OS/c17-9-14-15-6-5-12(16-14)10-3-4-13-11(8-10)2-1-7-18-13/h3-6,8-9H,1-2,7H2. The van der Waals surface area contributed by atoms with Gasteiger partial charge in [0, 0.05) is 16.7 Å². The van der Waals surface area contributed by atoms with Crippen LogP contribution in [0.5, 0.6) is 0 Å². The van der Waals surface area contributed by atoms with E-state index in [4.69, 9.17) is 0 Å². The van der Waals surface area contributed by atoms with Crippen molar-refractivity contribution in [2.24, 2.45) is 0 Å². The van der Waals surface area contributed by atoms with Crippen LogP contribution in [0.1, 0.15) is 22.6 Å². The predicted octanol–water partition coefficient (Wildman–Crippen LogP) is 2.99. The highest BCUT2D eigenvalue weighted by Crippen LogP contribution is 2.32. The van der Waals surface area contributed by atoms with E-state index in [1.807, 2.05) is 17.8 Å². The number of hydrogen-bond donors (Lipinski definition) is 0. The molecule has 0 unspecified atom stereocenters. The minimum Gasteiger partial charge on any atom is -0.294 e. The van der Waals surface area contributed by atoms with Crippen LogP contribution < -0.4 is 0 Å². The maximum atomic E-state index is 10.7. The molecule has 4 heteroatoms. The number of rotatable bonds is 2. The molecular weight excluding hydrogens is 244 g/mol. The van der Waals surface area contributed by atoms with Gasteiger partial charge in [0.1, 0.15) is 0 Å². The zero-order valence-corrected chi connectivity index (χ0v) is 10.6. The van der Waals surface area contributed by atoms with Crippen molar-refractivity contribution in [3.8, 4) is 11.3 Å². The van der Waals surface area contributed by atoms with Crippen LogP contribution in [0.3, 0.4) is 0 Å². The number of thioether (sulfide) groups is 1. The lowest BCUT2D eigenvalue weighted by Gasteiger charge is -2.15. The Balaban J connectivity index is 2.03. The molecule has 0 radical (unpaired) electrons. The molecule has 0 amide bonds. The number of aldehydes is 1. The third-order valence-electron chi connectivity index (χ3n) is 2.98. The summed E-state index contributed by atoms with van der Waals surface area (Å²) in [5, 5.41) is 0. The number of aromatic nitrogens is 2. The van der Waals surface area contributed by atoms with Gasteiger partial charge < -0.3 is 0 Å². The van der Waals surface area contributed by atoms with Gasteiger partial charge in [-0.2, -0.15) is 0 Å². The quantitative estimate of drug-likeness (QED) is 0.775. The van der Waals surface area contributed by atoms with Crippen molar-refractivity contribution in [1.29, 1.82) is 0 Å². The van der Waals surface area contributed by atoms with Gasteiger partial charge >= 0.3 is 0 Å². The first-order valence-electron chi connectivity index (χ1n) is 5.91. The number of nitrogens with zero attached hydrogens (tertiary/aromatic N) is 2. The Morgan fingerprint density at radius 3 is 3.11 bits per heavy atom. The van der Waals surface area contributed by atoms with Gasteiger partial charge in [-0.25, -0.2) is 9.97 Å². The molecule has 0 bridgehead atoms. The smallest absolute Gasteiger partial charge is 0.193 e. The zero-order valence-electron chi connectivity index (χ0n) is 9.80. The van der Waals surface area contributed by atoms with Crippen molar-refractivity contribution in [3.63, 3.8) is 0 Å². The van der Waals surface area contributed by atoms with Crippen molar-refractivity contribution in [3.05, 3.63) is 41.9 Å². The van der Waals surface area contributed by atoms with Gasteiger partial charge in [0.05, 0.1) is 5.69 Å². The van der Waals surface area contributed by atoms with E-state index in [1.54, 1.807) is 6.20 Å². The first kappa shape index (κ1) is 11.4. The van der Waals surface area contributed by atoms with Gasteiger partial charge in [0.2, 0.25) is 0 Å². The van der Waals surface area contributed by atoms with E-state index in [1.165, 1.54) is 22.6 Å². The molecule has 0 atom stereocenters. The molecular formula is C14H12N2OS. The first-order chi connectivity index (χ1) is 8.86. The van der Waals surface area contributed by atoms with Crippen LogP contribution in [0, 0.1) is 0 Å². The summed E-state index contributed by atoms with van der Waals surface area (Å²) < 4.78 is 0. The van der Waals surface area contributed by atoms with Gasteiger partial charge in [-0.05, 0) is 42.4 Å². The summed E-state index contributed by atoms with van der Waals surface area (Å²) in [5.41, 5.74) is 3.25. The number of hydrogen-bond acceptors (Lipinski definition) is 4. The molecule has 2 heterocycles. The van der Waals surface area contributed by atoms with E-state index < -0.39 is 0 Å². The van der Waals surface area contributed by atoms with Crippen LogP contribution in [-0.4, -0.2) is 22.0 Å². The van der Waals surface area contributed by atoms with Gasteiger partial charge in [-0.1, -0.05) is 6.07 Å². The molecule has 0 fully saturated rings.